The van der Waals surface area contributed by atoms with E-state index < -0.39 is 17.2 Å². The second-order valence-electron chi connectivity index (χ2n) is 3.71. The first-order valence-corrected chi connectivity index (χ1v) is 6.21. The summed E-state index contributed by atoms with van der Waals surface area (Å²) in [7, 11) is 0. The number of hydrogen-bond acceptors (Lipinski definition) is 4. The van der Waals surface area contributed by atoms with Crippen molar-refractivity contribution in [2.75, 3.05) is 0 Å². The Morgan fingerprint density at radius 3 is 2.89 bits per heavy atom. The molecule has 6 nitrogen and oxygen atoms in total. The molecular formula is C12H10N2O4S. The molecule has 0 atom stereocenters. The van der Waals surface area contributed by atoms with Crippen LogP contribution < -0.4 is 11.2 Å². The third-order valence-electron chi connectivity index (χ3n) is 2.40. The van der Waals surface area contributed by atoms with E-state index in [9.17, 15) is 14.4 Å². The molecule has 2 heterocycles. The summed E-state index contributed by atoms with van der Waals surface area (Å²) in [5.41, 5.74) is -0.196. The van der Waals surface area contributed by atoms with Crippen LogP contribution in [-0.2, 0) is 11.3 Å². The van der Waals surface area contributed by atoms with Gasteiger partial charge in [0.2, 0.25) is 0 Å². The van der Waals surface area contributed by atoms with Crippen molar-refractivity contribution in [1.29, 1.82) is 0 Å². The number of aromatic amines is 1. The standard InChI is InChI=1S/C12H10N2O4S/c15-10-3-5-14(12(18)13-10)7-9-8(4-6-19-9)1-2-11(16)17/h1-6H,7H2,(H,16,17)(H,13,15,18). The molecule has 0 aromatic carbocycles. The molecule has 2 aromatic rings. The van der Waals surface area contributed by atoms with E-state index in [1.807, 2.05) is 5.38 Å². The summed E-state index contributed by atoms with van der Waals surface area (Å²) >= 11 is 1.41. The first-order valence-electron chi connectivity index (χ1n) is 5.33. The van der Waals surface area contributed by atoms with Crippen LogP contribution in [0.1, 0.15) is 10.4 Å². The third kappa shape index (κ3) is 3.29. The maximum Gasteiger partial charge on any atom is 0.328 e. The minimum atomic E-state index is -1.03. The summed E-state index contributed by atoms with van der Waals surface area (Å²) in [6.07, 6.45) is 3.93. The summed E-state index contributed by atoms with van der Waals surface area (Å²) in [6, 6.07) is 3.04. The molecule has 0 bridgehead atoms. The average molecular weight is 278 g/mol. The predicted molar refractivity (Wildman–Crippen MR) is 71.4 cm³/mol. The zero-order valence-corrected chi connectivity index (χ0v) is 10.5. The van der Waals surface area contributed by atoms with Crippen molar-refractivity contribution in [2.24, 2.45) is 0 Å². The van der Waals surface area contributed by atoms with Gasteiger partial charge in [0.1, 0.15) is 0 Å². The lowest BCUT2D eigenvalue weighted by atomic mass is 10.2. The molecule has 0 spiro atoms. The van der Waals surface area contributed by atoms with Crippen molar-refractivity contribution in [3.05, 3.63) is 61.1 Å². The molecule has 19 heavy (non-hydrogen) atoms. The Labute approximate surface area is 111 Å². The minimum absolute atomic E-state index is 0.284. The summed E-state index contributed by atoms with van der Waals surface area (Å²) < 4.78 is 1.35. The van der Waals surface area contributed by atoms with Crippen LogP contribution in [0, 0.1) is 0 Å². The molecule has 0 aliphatic carbocycles. The van der Waals surface area contributed by atoms with Gasteiger partial charge < -0.3 is 5.11 Å². The third-order valence-corrected chi connectivity index (χ3v) is 3.32. The molecule has 0 radical (unpaired) electrons. The molecule has 2 N–H and O–H groups in total. The fourth-order valence-electron chi connectivity index (χ4n) is 1.51. The number of H-pyrrole nitrogens is 1. The van der Waals surface area contributed by atoms with E-state index in [-0.39, 0.29) is 6.54 Å². The van der Waals surface area contributed by atoms with Gasteiger partial charge in [-0.25, -0.2) is 9.59 Å². The smallest absolute Gasteiger partial charge is 0.328 e. The molecule has 0 saturated heterocycles. The second kappa shape index (κ2) is 5.49. The predicted octanol–water partition coefficient (Wildman–Crippen LogP) is 0.744. The maximum atomic E-state index is 11.5. The molecule has 0 amide bonds. The SMILES string of the molecule is O=C(O)C=Cc1ccsc1Cn1ccc(=O)[nH]c1=O. The lowest BCUT2D eigenvalue weighted by molar-refractivity contribution is -0.131. The van der Waals surface area contributed by atoms with Crippen LogP contribution in [0.4, 0.5) is 0 Å². The molecule has 0 unspecified atom stereocenters. The number of hydrogen-bond donors (Lipinski definition) is 2. The van der Waals surface area contributed by atoms with Gasteiger partial charge in [-0.15, -0.1) is 11.3 Å². The fraction of sp³-hybridized carbons (Fsp3) is 0.0833. The number of aromatic nitrogens is 2. The zero-order chi connectivity index (χ0) is 13.8. The molecule has 0 saturated carbocycles. The second-order valence-corrected chi connectivity index (χ2v) is 4.71. The number of thiophene rings is 1. The van der Waals surface area contributed by atoms with Crippen LogP contribution in [0.5, 0.6) is 0 Å². The normalized spacial score (nSPS) is 10.9. The molecule has 98 valence electrons. The number of nitrogens with one attached hydrogen (secondary N) is 1. The molecule has 2 aromatic heterocycles. The van der Waals surface area contributed by atoms with Crippen LogP contribution >= 0.6 is 11.3 Å². The summed E-state index contributed by atoms with van der Waals surface area (Å²) in [6.45, 7) is 0.284. The number of aliphatic carboxylic acids is 1. The van der Waals surface area contributed by atoms with Crippen LogP contribution in [0.2, 0.25) is 0 Å². The van der Waals surface area contributed by atoms with Crippen molar-refractivity contribution >= 4 is 23.4 Å². The fourth-order valence-corrected chi connectivity index (χ4v) is 2.38. The number of carboxylic acid groups (broad SMARTS) is 1. The Balaban J connectivity index is 2.29. The van der Waals surface area contributed by atoms with Crippen molar-refractivity contribution in [3.8, 4) is 0 Å². The molecule has 0 aliphatic heterocycles. The zero-order valence-electron chi connectivity index (χ0n) is 9.70. The van der Waals surface area contributed by atoms with E-state index in [0.29, 0.717) is 0 Å². The van der Waals surface area contributed by atoms with E-state index in [4.69, 9.17) is 5.11 Å². The summed E-state index contributed by atoms with van der Waals surface area (Å²) in [4.78, 5) is 36.0. The molecular weight excluding hydrogens is 268 g/mol. The number of carbonyl (C=O) groups is 1. The Morgan fingerprint density at radius 1 is 1.42 bits per heavy atom. The van der Waals surface area contributed by atoms with Gasteiger partial charge >= 0.3 is 11.7 Å². The Bertz CT molecular complexity index is 738. The van der Waals surface area contributed by atoms with Gasteiger partial charge in [0, 0.05) is 23.2 Å². The van der Waals surface area contributed by atoms with Crippen LogP contribution in [0.15, 0.2) is 39.4 Å². The van der Waals surface area contributed by atoms with E-state index in [1.54, 1.807) is 6.07 Å². The highest BCUT2D eigenvalue weighted by molar-refractivity contribution is 7.10. The highest BCUT2D eigenvalue weighted by Crippen LogP contribution is 2.18. The topological polar surface area (TPSA) is 92.2 Å². The highest BCUT2D eigenvalue weighted by Gasteiger charge is 2.04. The molecule has 0 fully saturated rings. The monoisotopic (exact) mass is 278 g/mol. The minimum Gasteiger partial charge on any atom is -0.478 e. The molecule has 7 heteroatoms. The van der Waals surface area contributed by atoms with E-state index in [0.717, 1.165) is 16.5 Å². The Morgan fingerprint density at radius 2 is 2.21 bits per heavy atom. The first-order chi connectivity index (χ1) is 9.06. The maximum absolute atomic E-state index is 11.5. The van der Waals surface area contributed by atoms with Crippen molar-refractivity contribution in [2.45, 2.75) is 6.54 Å². The first kappa shape index (κ1) is 13.0. The summed E-state index contributed by atoms with van der Waals surface area (Å²) in [5, 5.41) is 10.4. The van der Waals surface area contributed by atoms with Crippen molar-refractivity contribution < 1.29 is 9.90 Å². The van der Waals surface area contributed by atoms with Gasteiger partial charge in [0.25, 0.3) is 5.56 Å². The molecule has 2 rings (SSSR count). The Hall–Kier alpha value is -2.41. The number of carboxylic acids is 1. The van der Waals surface area contributed by atoms with Gasteiger partial charge in [-0.3, -0.25) is 14.3 Å². The van der Waals surface area contributed by atoms with E-state index >= 15 is 0 Å². The summed E-state index contributed by atoms with van der Waals surface area (Å²) in [5.74, 6) is -1.03. The van der Waals surface area contributed by atoms with Crippen molar-refractivity contribution in [3.63, 3.8) is 0 Å². The lowest BCUT2D eigenvalue weighted by Gasteiger charge is -2.03. The number of nitrogens with zero attached hydrogens (tertiary/aromatic N) is 1. The number of rotatable bonds is 4. The lowest BCUT2D eigenvalue weighted by Crippen LogP contribution is -2.28. The van der Waals surface area contributed by atoms with Crippen molar-refractivity contribution in [1.82, 2.24) is 9.55 Å². The van der Waals surface area contributed by atoms with Gasteiger partial charge in [0.05, 0.1) is 6.54 Å². The van der Waals surface area contributed by atoms with E-state index in [1.165, 1.54) is 34.2 Å². The highest BCUT2D eigenvalue weighted by atomic mass is 32.1. The quantitative estimate of drug-likeness (QED) is 0.807. The average Bonchev–Trinajstić information content (AvgIpc) is 2.77. The van der Waals surface area contributed by atoms with Gasteiger partial charge in [-0.1, -0.05) is 0 Å². The van der Waals surface area contributed by atoms with Crippen LogP contribution in [0.3, 0.4) is 0 Å². The van der Waals surface area contributed by atoms with Crippen LogP contribution in [0.25, 0.3) is 6.08 Å². The van der Waals surface area contributed by atoms with Crippen LogP contribution in [-0.4, -0.2) is 20.6 Å². The van der Waals surface area contributed by atoms with Gasteiger partial charge in [-0.2, -0.15) is 0 Å². The largest absolute Gasteiger partial charge is 0.478 e. The molecule has 0 aliphatic rings. The Kier molecular flexibility index (Phi) is 3.76. The van der Waals surface area contributed by atoms with Gasteiger partial charge in [-0.05, 0) is 23.1 Å². The van der Waals surface area contributed by atoms with Gasteiger partial charge in [0.15, 0.2) is 0 Å². The van der Waals surface area contributed by atoms with E-state index in [2.05, 4.69) is 4.98 Å².